The minimum atomic E-state index is -4.79. The third kappa shape index (κ3) is 6.01. The monoisotopic (exact) mass is 472 g/mol. The van der Waals surface area contributed by atoms with E-state index in [0.29, 0.717) is 12.1 Å². The average Bonchev–Trinajstić information content (AvgIpc) is 3.12. The zero-order chi connectivity index (χ0) is 23.8. The highest BCUT2D eigenvalue weighted by atomic mass is 19.4. The summed E-state index contributed by atoms with van der Waals surface area (Å²) in [4.78, 5) is 28.3. The van der Waals surface area contributed by atoms with Gasteiger partial charge in [0.15, 0.2) is 11.6 Å². The molecule has 33 heavy (non-hydrogen) atoms. The number of carbonyl (C=O) groups excluding carboxylic acids is 2. The van der Waals surface area contributed by atoms with Crippen LogP contribution < -0.4 is 10.6 Å². The Morgan fingerprint density at radius 2 is 2.15 bits per heavy atom. The molecule has 2 aliphatic rings. The van der Waals surface area contributed by atoms with Crippen molar-refractivity contribution in [2.75, 3.05) is 11.9 Å². The molecule has 2 atom stereocenters. The molecular formula is C19H23F3N6O5. The Balaban J connectivity index is 1.29. The number of aromatic nitrogens is 4. The fraction of sp³-hybridized carbons (Fsp3) is 0.579. The molecule has 4 rings (SSSR count). The van der Waals surface area contributed by atoms with Crippen LogP contribution >= 0.6 is 0 Å². The first-order valence-corrected chi connectivity index (χ1v) is 10.2. The van der Waals surface area contributed by atoms with Crippen molar-refractivity contribution >= 4 is 17.8 Å². The van der Waals surface area contributed by atoms with Gasteiger partial charge < -0.3 is 24.7 Å². The molecule has 1 aliphatic heterocycles. The molecule has 0 aromatic carbocycles. The molecule has 14 heteroatoms. The summed E-state index contributed by atoms with van der Waals surface area (Å²) in [5, 5.41) is 12.1. The van der Waals surface area contributed by atoms with Gasteiger partial charge in [-0.1, -0.05) is 0 Å². The van der Waals surface area contributed by atoms with Crippen LogP contribution in [0.4, 0.5) is 23.8 Å². The largest absolute Gasteiger partial charge is 0.522 e. The number of hydrogen-bond acceptors (Lipinski definition) is 7. The molecule has 2 amide bonds. The van der Waals surface area contributed by atoms with Gasteiger partial charge in [-0.05, 0) is 19.8 Å². The van der Waals surface area contributed by atoms with Crippen LogP contribution in [0.5, 0.6) is 0 Å². The summed E-state index contributed by atoms with van der Waals surface area (Å²) in [6, 6.07) is 1.56. The van der Waals surface area contributed by atoms with Gasteiger partial charge in [0.25, 0.3) is 5.91 Å². The summed E-state index contributed by atoms with van der Waals surface area (Å²) < 4.78 is 52.7. The number of hydrogen-bond donors (Lipinski definition) is 3. The number of ether oxygens (including phenoxy) is 3. The van der Waals surface area contributed by atoms with Crippen LogP contribution in [0, 0.1) is 0 Å². The first-order chi connectivity index (χ1) is 15.5. The van der Waals surface area contributed by atoms with Crippen LogP contribution in [0.3, 0.4) is 0 Å². The van der Waals surface area contributed by atoms with Crippen molar-refractivity contribution in [1.82, 2.24) is 25.1 Å². The first kappa shape index (κ1) is 23.0. The molecule has 1 saturated heterocycles. The molecule has 1 saturated carbocycles. The maximum absolute atomic E-state index is 12.5. The number of nitrogens with zero attached hydrogens (tertiary/aromatic N) is 3. The summed E-state index contributed by atoms with van der Waals surface area (Å²) >= 11 is 0. The van der Waals surface area contributed by atoms with E-state index in [9.17, 15) is 22.8 Å². The Bertz CT molecular complexity index is 1030. The second-order valence-electron chi connectivity index (χ2n) is 8.33. The number of rotatable bonds is 7. The van der Waals surface area contributed by atoms with Crippen molar-refractivity contribution < 1.29 is 37.0 Å². The van der Waals surface area contributed by atoms with Gasteiger partial charge in [-0.25, -0.2) is 9.78 Å². The number of anilines is 1. The summed E-state index contributed by atoms with van der Waals surface area (Å²) in [6.45, 7) is 1.37. The third-order valence-electron chi connectivity index (χ3n) is 5.34. The molecule has 0 spiro atoms. The lowest BCUT2D eigenvalue weighted by molar-refractivity contribution is -0.330. The quantitative estimate of drug-likeness (QED) is 0.564. The Morgan fingerprint density at radius 1 is 1.39 bits per heavy atom. The molecule has 1 aliphatic carbocycles. The molecule has 3 N–H and O–H groups in total. The number of halogens is 3. The fourth-order valence-electron chi connectivity index (χ4n) is 3.34. The van der Waals surface area contributed by atoms with E-state index < -0.39 is 37.2 Å². The standard InChI is InChI=1S/C19H23F3N6O5/c1-18(3-4-18)25-17(30)33-11-5-13(31-9-11)12-6-14(27-26-12)24-16(29)15-23-10(7-28(15)2)8-32-19(20,21)22/h6-7,11,13H,3-5,8-9H2,1-2H3,(H,25,30)(H2,24,26,27,29)/t11-,13-/m0/s1. The summed E-state index contributed by atoms with van der Waals surface area (Å²) in [5.74, 6) is -0.590. The van der Waals surface area contributed by atoms with Crippen molar-refractivity contribution in [3.05, 3.63) is 29.5 Å². The molecule has 2 aromatic heterocycles. The van der Waals surface area contributed by atoms with Crippen LogP contribution in [-0.2, 0) is 27.9 Å². The van der Waals surface area contributed by atoms with Gasteiger partial charge in [0.05, 0.1) is 24.6 Å². The zero-order valence-electron chi connectivity index (χ0n) is 17.9. The number of aryl methyl sites for hydroxylation is 1. The number of nitrogens with one attached hydrogen (secondary N) is 3. The number of aromatic amines is 1. The molecule has 0 unspecified atom stereocenters. The number of carbonyl (C=O) groups is 2. The molecule has 0 bridgehead atoms. The maximum Gasteiger partial charge on any atom is 0.522 e. The Kier molecular flexibility index (Phi) is 6.05. The van der Waals surface area contributed by atoms with E-state index in [1.165, 1.54) is 17.8 Å². The van der Waals surface area contributed by atoms with Crippen molar-refractivity contribution in [3.63, 3.8) is 0 Å². The molecule has 180 valence electrons. The van der Waals surface area contributed by atoms with Gasteiger partial charge in [-0.15, -0.1) is 13.2 Å². The lowest BCUT2D eigenvalue weighted by Crippen LogP contribution is -2.37. The molecule has 0 radical (unpaired) electrons. The second-order valence-corrected chi connectivity index (χ2v) is 8.33. The predicted molar refractivity (Wildman–Crippen MR) is 105 cm³/mol. The number of amides is 2. The van der Waals surface area contributed by atoms with Crippen LogP contribution in [-0.4, -0.2) is 56.4 Å². The van der Waals surface area contributed by atoms with Crippen LogP contribution in [0.2, 0.25) is 0 Å². The molecule has 3 heterocycles. The second kappa shape index (κ2) is 8.67. The highest BCUT2D eigenvalue weighted by Crippen LogP contribution is 2.35. The SMILES string of the molecule is Cn1cc(COC(F)(F)F)nc1C(=O)Nc1cc([C@@H]2C[C@H](OC(=O)NC3(C)CC3)CO2)[nH]n1. The van der Waals surface area contributed by atoms with E-state index in [-0.39, 0.29) is 29.5 Å². The predicted octanol–water partition coefficient (Wildman–Crippen LogP) is 2.54. The van der Waals surface area contributed by atoms with Gasteiger partial charge in [0, 0.05) is 31.3 Å². The Morgan fingerprint density at radius 3 is 2.85 bits per heavy atom. The topological polar surface area (TPSA) is 132 Å². The van der Waals surface area contributed by atoms with E-state index in [1.54, 1.807) is 6.07 Å². The van der Waals surface area contributed by atoms with E-state index >= 15 is 0 Å². The van der Waals surface area contributed by atoms with Gasteiger partial charge in [-0.3, -0.25) is 14.6 Å². The Hall–Kier alpha value is -3.13. The first-order valence-electron chi connectivity index (χ1n) is 10.2. The van der Waals surface area contributed by atoms with Gasteiger partial charge >= 0.3 is 12.5 Å². The molecule has 2 fully saturated rings. The summed E-state index contributed by atoms with van der Waals surface area (Å²) in [5.41, 5.74) is 0.351. The van der Waals surface area contributed by atoms with E-state index in [4.69, 9.17) is 9.47 Å². The van der Waals surface area contributed by atoms with Gasteiger partial charge in [0.1, 0.15) is 12.2 Å². The normalized spacial score (nSPS) is 21.6. The van der Waals surface area contributed by atoms with E-state index in [1.807, 2.05) is 6.92 Å². The minimum Gasteiger partial charge on any atom is -0.444 e. The van der Waals surface area contributed by atoms with Crippen LogP contribution in [0.25, 0.3) is 0 Å². The zero-order valence-corrected chi connectivity index (χ0v) is 17.9. The average molecular weight is 472 g/mol. The van der Waals surface area contributed by atoms with Gasteiger partial charge in [-0.2, -0.15) is 5.10 Å². The van der Waals surface area contributed by atoms with E-state index in [0.717, 1.165) is 12.8 Å². The molecular weight excluding hydrogens is 449 g/mol. The number of alkyl halides is 3. The van der Waals surface area contributed by atoms with Gasteiger partial charge in [0.2, 0.25) is 0 Å². The smallest absolute Gasteiger partial charge is 0.444 e. The van der Waals surface area contributed by atoms with Crippen molar-refractivity contribution in [1.29, 1.82) is 0 Å². The highest BCUT2D eigenvalue weighted by molar-refractivity contribution is 6.01. The summed E-state index contributed by atoms with van der Waals surface area (Å²) in [6.07, 6.45) is -2.55. The minimum absolute atomic E-state index is 0.0483. The lowest BCUT2D eigenvalue weighted by atomic mass is 10.1. The van der Waals surface area contributed by atoms with Crippen LogP contribution in [0.15, 0.2) is 12.3 Å². The van der Waals surface area contributed by atoms with Crippen molar-refractivity contribution in [2.45, 2.75) is 56.9 Å². The number of imidazole rings is 1. The highest BCUT2D eigenvalue weighted by Gasteiger charge is 2.40. The number of alkyl carbamates (subject to hydrolysis) is 1. The maximum atomic E-state index is 12.5. The molecule has 11 nitrogen and oxygen atoms in total. The van der Waals surface area contributed by atoms with Crippen LogP contribution in [0.1, 0.15) is 54.3 Å². The van der Waals surface area contributed by atoms with Crippen molar-refractivity contribution in [3.8, 4) is 0 Å². The lowest BCUT2D eigenvalue weighted by Gasteiger charge is -2.15. The van der Waals surface area contributed by atoms with E-state index in [2.05, 4.69) is 30.6 Å². The Labute approximate surface area is 186 Å². The number of H-pyrrole nitrogens is 1. The summed E-state index contributed by atoms with van der Waals surface area (Å²) in [7, 11) is 1.47. The molecule has 2 aromatic rings. The fourth-order valence-corrected chi connectivity index (χ4v) is 3.34. The third-order valence-corrected chi connectivity index (χ3v) is 5.34. The van der Waals surface area contributed by atoms with Crippen molar-refractivity contribution in [2.24, 2.45) is 7.05 Å².